The molecule has 1 heterocycles. The lowest BCUT2D eigenvalue weighted by atomic mass is 9.75. The van der Waals surface area contributed by atoms with E-state index in [1.165, 1.54) is 0 Å². The van der Waals surface area contributed by atoms with E-state index in [4.69, 9.17) is 5.73 Å². The number of benzene rings is 3. The summed E-state index contributed by atoms with van der Waals surface area (Å²) in [6, 6.07) is 23.3. The van der Waals surface area contributed by atoms with Gasteiger partial charge in [0.2, 0.25) is 0 Å². The molecule has 32 heavy (non-hydrogen) atoms. The van der Waals surface area contributed by atoms with E-state index in [1.807, 2.05) is 66.7 Å². The molecule has 0 fully saturated rings. The number of anilines is 2. The highest BCUT2D eigenvalue weighted by atomic mass is 16.1. The van der Waals surface area contributed by atoms with Gasteiger partial charge < -0.3 is 15.6 Å². The van der Waals surface area contributed by atoms with E-state index >= 15 is 0 Å². The smallest absolute Gasteiger partial charge is 0.250 e. The first-order valence-corrected chi connectivity index (χ1v) is 10.8. The highest BCUT2D eigenvalue weighted by molar-refractivity contribution is 6.11. The van der Waals surface area contributed by atoms with Gasteiger partial charge in [-0.15, -0.1) is 0 Å². The number of hydrogen-bond acceptors (Lipinski definition) is 3. The number of nitrogens with zero attached hydrogens (tertiary/aromatic N) is 1. The number of carbonyl (C=O) groups excluding carboxylic acids is 2. The van der Waals surface area contributed by atoms with Crippen molar-refractivity contribution in [1.82, 2.24) is 4.57 Å². The number of primary amides is 1. The van der Waals surface area contributed by atoms with Crippen molar-refractivity contribution in [2.75, 3.05) is 5.32 Å². The molecular weight excluding hydrogens is 398 g/mol. The zero-order valence-electron chi connectivity index (χ0n) is 18.2. The summed E-state index contributed by atoms with van der Waals surface area (Å²) in [5.41, 5.74) is 11.2. The fraction of sp³-hybridized carbons (Fsp3) is 0.185. The lowest BCUT2D eigenvalue weighted by molar-refractivity contribution is 0.0912. The zero-order chi connectivity index (χ0) is 22.5. The Morgan fingerprint density at radius 1 is 0.969 bits per heavy atom. The second-order valence-corrected chi connectivity index (χ2v) is 9.20. The maximum absolute atomic E-state index is 13.1. The van der Waals surface area contributed by atoms with Gasteiger partial charge in [0, 0.05) is 34.4 Å². The van der Waals surface area contributed by atoms with Crippen LogP contribution in [-0.4, -0.2) is 16.3 Å². The number of aromatic nitrogens is 1. The number of amides is 1. The lowest BCUT2D eigenvalue weighted by Crippen LogP contribution is -2.27. The minimum Gasteiger partial charge on any atom is -0.366 e. The van der Waals surface area contributed by atoms with E-state index in [-0.39, 0.29) is 11.2 Å². The second-order valence-electron chi connectivity index (χ2n) is 9.20. The third-order valence-electron chi connectivity index (χ3n) is 6.12. The molecule has 0 bridgehead atoms. The fourth-order valence-electron chi connectivity index (χ4n) is 4.77. The quantitative estimate of drug-likeness (QED) is 0.447. The van der Waals surface area contributed by atoms with Gasteiger partial charge >= 0.3 is 0 Å². The maximum atomic E-state index is 13.1. The molecule has 1 aromatic heterocycles. The predicted octanol–water partition coefficient (Wildman–Crippen LogP) is 5.63. The molecule has 0 radical (unpaired) electrons. The van der Waals surface area contributed by atoms with Crippen molar-refractivity contribution >= 4 is 34.0 Å². The topological polar surface area (TPSA) is 77.1 Å². The number of nitrogens with one attached hydrogen (secondary N) is 1. The maximum Gasteiger partial charge on any atom is 0.250 e. The Hall–Kier alpha value is -3.86. The summed E-state index contributed by atoms with van der Waals surface area (Å²) in [6.45, 7) is 4.27. The molecule has 0 atom stereocenters. The van der Waals surface area contributed by atoms with Gasteiger partial charge in [0.1, 0.15) is 0 Å². The van der Waals surface area contributed by atoms with Crippen LogP contribution in [0.2, 0.25) is 0 Å². The normalized spacial score (nSPS) is 14.9. The molecule has 5 rings (SSSR count). The molecule has 3 aromatic carbocycles. The number of Topliss-reactive ketones (excluding diaryl/α,β-unsaturated/α-hetero) is 1. The Morgan fingerprint density at radius 2 is 1.69 bits per heavy atom. The highest BCUT2D eigenvalue weighted by Gasteiger charge is 2.35. The number of hydrogen-bond donors (Lipinski definition) is 2. The molecule has 1 aliphatic carbocycles. The third kappa shape index (κ3) is 3.36. The number of rotatable bonds is 4. The van der Waals surface area contributed by atoms with Crippen molar-refractivity contribution in [3.8, 4) is 5.69 Å². The van der Waals surface area contributed by atoms with Crippen molar-refractivity contribution in [1.29, 1.82) is 0 Å². The molecular formula is C27H25N3O2. The van der Waals surface area contributed by atoms with Gasteiger partial charge in [0.05, 0.1) is 16.8 Å². The first kappa shape index (κ1) is 20.1. The highest BCUT2D eigenvalue weighted by Crippen LogP contribution is 2.41. The molecule has 5 nitrogen and oxygen atoms in total. The molecule has 0 aliphatic heterocycles. The van der Waals surface area contributed by atoms with Crippen LogP contribution in [0.15, 0.2) is 72.8 Å². The van der Waals surface area contributed by atoms with Crippen molar-refractivity contribution in [2.45, 2.75) is 26.7 Å². The zero-order valence-corrected chi connectivity index (χ0v) is 18.2. The summed E-state index contributed by atoms with van der Waals surface area (Å²) in [5.74, 6) is -0.312. The second kappa shape index (κ2) is 7.38. The average Bonchev–Trinajstić information content (AvgIpc) is 3.07. The third-order valence-corrected chi connectivity index (χ3v) is 6.12. The minimum absolute atomic E-state index is 0.117. The van der Waals surface area contributed by atoms with Gasteiger partial charge in [-0.1, -0.05) is 50.2 Å². The van der Waals surface area contributed by atoms with Gasteiger partial charge in [-0.05, 0) is 48.2 Å². The van der Waals surface area contributed by atoms with E-state index in [9.17, 15) is 9.59 Å². The summed E-state index contributed by atoms with van der Waals surface area (Å²) in [4.78, 5) is 25.2. The van der Waals surface area contributed by atoms with E-state index < -0.39 is 5.91 Å². The Morgan fingerprint density at radius 3 is 2.44 bits per heavy atom. The molecule has 0 spiro atoms. The molecule has 0 saturated heterocycles. The molecule has 0 saturated carbocycles. The average molecular weight is 424 g/mol. The number of carbonyl (C=O) groups is 2. The van der Waals surface area contributed by atoms with Gasteiger partial charge in [-0.3, -0.25) is 9.59 Å². The van der Waals surface area contributed by atoms with Gasteiger partial charge in [0.15, 0.2) is 5.78 Å². The summed E-state index contributed by atoms with van der Waals surface area (Å²) < 4.78 is 2.16. The molecule has 4 aromatic rings. The monoisotopic (exact) mass is 423 g/mol. The van der Waals surface area contributed by atoms with Crippen LogP contribution in [-0.2, 0) is 6.42 Å². The van der Waals surface area contributed by atoms with Crippen LogP contribution < -0.4 is 11.1 Å². The van der Waals surface area contributed by atoms with Crippen LogP contribution in [0.5, 0.6) is 0 Å². The number of para-hydroxylation sites is 2. The van der Waals surface area contributed by atoms with Crippen LogP contribution in [0.25, 0.3) is 16.6 Å². The fourth-order valence-corrected chi connectivity index (χ4v) is 4.77. The summed E-state index contributed by atoms with van der Waals surface area (Å²) >= 11 is 0. The van der Waals surface area contributed by atoms with Gasteiger partial charge in [-0.25, -0.2) is 0 Å². The Bertz CT molecular complexity index is 1370. The van der Waals surface area contributed by atoms with E-state index in [0.29, 0.717) is 17.7 Å². The standard InChI is InChI=1S/C27H25N3O2/c1-27(2)15-23-25(24(31)16-27)20-10-6-7-11-22(20)30(23)18-12-13-19(26(28)32)21(14-18)29-17-8-4-3-5-9-17/h3-14,29H,15-16H2,1-2H3,(H2,28,32). The minimum atomic E-state index is -0.495. The van der Waals surface area contributed by atoms with Gasteiger partial charge in [0.25, 0.3) is 5.91 Å². The first-order valence-electron chi connectivity index (χ1n) is 10.8. The molecule has 5 heteroatoms. The van der Waals surface area contributed by atoms with Crippen molar-refractivity contribution in [2.24, 2.45) is 11.1 Å². The summed E-state index contributed by atoms with van der Waals surface area (Å²) in [5, 5.41) is 4.30. The summed E-state index contributed by atoms with van der Waals surface area (Å²) in [7, 11) is 0. The van der Waals surface area contributed by atoms with E-state index in [1.54, 1.807) is 6.07 Å². The molecule has 1 amide bonds. The molecule has 0 unspecified atom stereocenters. The predicted molar refractivity (Wildman–Crippen MR) is 128 cm³/mol. The number of nitrogens with two attached hydrogens (primary N) is 1. The van der Waals surface area contributed by atoms with Crippen LogP contribution >= 0.6 is 0 Å². The van der Waals surface area contributed by atoms with Crippen LogP contribution in [0.4, 0.5) is 11.4 Å². The SMILES string of the molecule is CC1(C)CC(=O)c2c(n(-c3ccc(C(N)=O)c(Nc4ccccc4)c3)c3ccccc23)C1. The number of ketones is 1. The largest absolute Gasteiger partial charge is 0.366 e. The first-order chi connectivity index (χ1) is 15.3. The Kier molecular flexibility index (Phi) is 4.63. The Labute approximate surface area is 186 Å². The lowest BCUT2D eigenvalue weighted by Gasteiger charge is -2.30. The van der Waals surface area contributed by atoms with Crippen molar-refractivity contribution in [3.05, 3.63) is 89.6 Å². The number of fused-ring (bicyclic) bond motifs is 3. The molecule has 3 N–H and O–H groups in total. The van der Waals surface area contributed by atoms with E-state index in [0.717, 1.165) is 40.0 Å². The van der Waals surface area contributed by atoms with Crippen LogP contribution in [0, 0.1) is 5.41 Å². The van der Waals surface area contributed by atoms with Gasteiger partial charge in [-0.2, -0.15) is 0 Å². The van der Waals surface area contributed by atoms with Crippen molar-refractivity contribution < 1.29 is 9.59 Å². The van der Waals surface area contributed by atoms with Crippen molar-refractivity contribution in [3.63, 3.8) is 0 Å². The van der Waals surface area contributed by atoms with E-state index in [2.05, 4.69) is 23.7 Å². The van der Waals surface area contributed by atoms with Crippen LogP contribution in [0.1, 0.15) is 46.7 Å². The molecule has 160 valence electrons. The van der Waals surface area contributed by atoms with Crippen LogP contribution in [0.3, 0.4) is 0 Å². The molecule has 1 aliphatic rings. The Balaban J connectivity index is 1.74. The summed E-state index contributed by atoms with van der Waals surface area (Å²) in [6.07, 6.45) is 1.33.